The predicted octanol–water partition coefficient (Wildman–Crippen LogP) is 2.19. The molecule has 0 saturated carbocycles. The van der Waals surface area contributed by atoms with Gasteiger partial charge in [-0.1, -0.05) is 25.2 Å². The molecule has 3 aliphatic rings. The fraction of sp³-hybridized carbons (Fsp3) is 0.429. The van der Waals surface area contributed by atoms with E-state index in [9.17, 15) is 0 Å². The molecule has 3 rings (SSSR count). The topological polar surface area (TPSA) is 6.48 Å². The van der Waals surface area contributed by atoms with Crippen molar-refractivity contribution in [3.8, 4) is 0 Å². The first-order valence-corrected chi connectivity index (χ1v) is 6.53. The average Bonchev–Trinajstić information content (AvgIpc) is 2.47. The summed E-state index contributed by atoms with van der Waals surface area (Å²) in [6.45, 7) is 3.44. The SMILES string of the molecule is CC1C=CC=C(N2BC3=C2CCCN3C)C=C1. The van der Waals surface area contributed by atoms with Crippen molar-refractivity contribution in [1.82, 2.24) is 9.71 Å². The van der Waals surface area contributed by atoms with Crippen molar-refractivity contribution in [1.29, 1.82) is 0 Å². The van der Waals surface area contributed by atoms with Gasteiger partial charge in [-0.3, -0.25) is 0 Å². The molecule has 2 heterocycles. The van der Waals surface area contributed by atoms with Crippen molar-refractivity contribution < 1.29 is 0 Å². The lowest BCUT2D eigenvalue weighted by Crippen LogP contribution is -2.47. The van der Waals surface area contributed by atoms with Gasteiger partial charge in [0.05, 0.1) is 0 Å². The molecule has 0 saturated heterocycles. The molecule has 0 aromatic heterocycles. The maximum absolute atomic E-state index is 2.46. The third-order valence-corrected chi connectivity index (χ3v) is 3.90. The molecule has 1 unspecified atom stereocenters. The average molecular weight is 226 g/mol. The molecule has 1 aliphatic carbocycles. The first-order chi connectivity index (χ1) is 8.25. The maximum atomic E-state index is 2.46. The summed E-state index contributed by atoms with van der Waals surface area (Å²) in [6.07, 6.45) is 13.7. The molecule has 0 fully saturated rings. The summed E-state index contributed by atoms with van der Waals surface area (Å²) < 4.78 is 0. The lowest BCUT2D eigenvalue weighted by atomic mass is 9.70. The van der Waals surface area contributed by atoms with Crippen molar-refractivity contribution in [2.24, 2.45) is 5.92 Å². The van der Waals surface area contributed by atoms with Crippen LogP contribution in [-0.4, -0.2) is 30.7 Å². The predicted molar refractivity (Wildman–Crippen MR) is 73.4 cm³/mol. The first kappa shape index (κ1) is 10.8. The summed E-state index contributed by atoms with van der Waals surface area (Å²) in [7, 11) is 3.30. The molecule has 17 heavy (non-hydrogen) atoms. The molecular weight excluding hydrogens is 207 g/mol. The molecule has 0 bridgehead atoms. The Bertz CT molecular complexity index is 445. The fourth-order valence-corrected chi connectivity index (χ4v) is 2.77. The molecule has 3 heteroatoms. The molecular formula is C14H19BN2. The van der Waals surface area contributed by atoms with E-state index in [0.717, 1.165) is 7.41 Å². The molecule has 1 atom stereocenters. The largest absolute Gasteiger partial charge is 0.386 e. The molecule has 2 aliphatic heterocycles. The molecule has 0 aromatic carbocycles. The van der Waals surface area contributed by atoms with E-state index >= 15 is 0 Å². The summed E-state index contributed by atoms with van der Waals surface area (Å²) >= 11 is 0. The van der Waals surface area contributed by atoms with Crippen LogP contribution >= 0.6 is 0 Å². The van der Waals surface area contributed by atoms with Crippen molar-refractivity contribution in [3.63, 3.8) is 0 Å². The van der Waals surface area contributed by atoms with Gasteiger partial charge in [0.25, 0.3) is 7.41 Å². The van der Waals surface area contributed by atoms with E-state index in [4.69, 9.17) is 0 Å². The van der Waals surface area contributed by atoms with Crippen LogP contribution in [0.3, 0.4) is 0 Å². The standard InChI is InChI=1S/C14H19BN2/c1-11-5-3-6-12(9-8-11)17-13-7-4-10-16(2)14(13)15-17/h3,5-6,8-9,11,15H,4,7,10H2,1-2H3. The zero-order valence-corrected chi connectivity index (χ0v) is 10.7. The third kappa shape index (κ3) is 1.84. The van der Waals surface area contributed by atoms with Gasteiger partial charge in [-0.05, 0) is 30.9 Å². The number of nitrogens with zero attached hydrogens (tertiary/aromatic N) is 2. The summed E-state index contributed by atoms with van der Waals surface area (Å²) in [4.78, 5) is 4.87. The maximum Gasteiger partial charge on any atom is 0.295 e. The van der Waals surface area contributed by atoms with E-state index in [-0.39, 0.29) is 0 Å². The highest BCUT2D eigenvalue weighted by Crippen LogP contribution is 2.35. The van der Waals surface area contributed by atoms with Gasteiger partial charge in [-0.15, -0.1) is 0 Å². The van der Waals surface area contributed by atoms with Gasteiger partial charge in [0.2, 0.25) is 0 Å². The molecule has 0 amide bonds. The Balaban J connectivity index is 1.82. The van der Waals surface area contributed by atoms with Crippen molar-refractivity contribution in [2.45, 2.75) is 19.8 Å². The second-order valence-electron chi connectivity index (χ2n) is 5.20. The normalized spacial score (nSPS) is 27.2. The molecule has 2 nitrogen and oxygen atoms in total. The summed E-state index contributed by atoms with van der Waals surface area (Å²) in [5, 5.41) is 0. The Morgan fingerprint density at radius 2 is 2.24 bits per heavy atom. The summed E-state index contributed by atoms with van der Waals surface area (Å²) in [5.74, 6) is 0.549. The highest BCUT2D eigenvalue weighted by molar-refractivity contribution is 6.47. The van der Waals surface area contributed by atoms with Crippen LogP contribution in [0.5, 0.6) is 0 Å². The van der Waals surface area contributed by atoms with Crippen LogP contribution in [0.4, 0.5) is 0 Å². The smallest absolute Gasteiger partial charge is 0.295 e. The third-order valence-electron chi connectivity index (χ3n) is 3.90. The summed E-state index contributed by atoms with van der Waals surface area (Å²) in [5.41, 5.74) is 4.43. The molecule has 0 spiro atoms. The molecule has 0 aromatic rings. The van der Waals surface area contributed by atoms with E-state index < -0.39 is 0 Å². The van der Waals surface area contributed by atoms with Crippen LogP contribution in [0.2, 0.25) is 0 Å². The first-order valence-electron chi connectivity index (χ1n) is 6.53. The van der Waals surface area contributed by atoms with E-state index in [1.807, 2.05) is 0 Å². The lowest BCUT2D eigenvalue weighted by molar-refractivity contribution is 0.351. The van der Waals surface area contributed by atoms with Crippen molar-refractivity contribution in [3.05, 3.63) is 47.4 Å². The van der Waals surface area contributed by atoms with Gasteiger partial charge in [0, 0.05) is 30.6 Å². The molecule has 0 radical (unpaired) electrons. The van der Waals surface area contributed by atoms with Crippen molar-refractivity contribution in [2.75, 3.05) is 13.6 Å². The number of hydrogen-bond acceptors (Lipinski definition) is 2. The number of allylic oxidation sites excluding steroid dienone is 6. The summed E-state index contributed by atoms with van der Waals surface area (Å²) in [6, 6.07) is 0. The van der Waals surface area contributed by atoms with Gasteiger partial charge in [-0.25, -0.2) is 0 Å². The highest BCUT2D eigenvalue weighted by Gasteiger charge is 2.33. The Labute approximate surface area is 104 Å². The van der Waals surface area contributed by atoms with Crippen LogP contribution in [0.15, 0.2) is 47.4 Å². The minimum absolute atomic E-state index is 0.549. The quantitative estimate of drug-likeness (QED) is 0.632. The Kier molecular flexibility index (Phi) is 2.62. The van der Waals surface area contributed by atoms with E-state index in [1.165, 1.54) is 30.8 Å². The monoisotopic (exact) mass is 226 g/mol. The number of hydrogen-bond donors (Lipinski definition) is 0. The Morgan fingerprint density at radius 3 is 3.12 bits per heavy atom. The zero-order valence-electron chi connectivity index (χ0n) is 10.7. The van der Waals surface area contributed by atoms with E-state index in [2.05, 4.69) is 54.1 Å². The van der Waals surface area contributed by atoms with Gasteiger partial charge in [0.15, 0.2) is 0 Å². The van der Waals surface area contributed by atoms with Crippen LogP contribution in [0.1, 0.15) is 19.8 Å². The number of rotatable bonds is 1. The Morgan fingerprint density at radius 1 is 1.35 bits per heavy atom. The van der Waals surface area contributed by atoms with Crippen LogP contribution < -0.4 is 0 Å². The van der Waals surface area contributed by atoms with Crippen LogP contribution in [0, 0.1) is 5.92 Å². The lowest BCUT2D eigenvalue weighted by Gasteiger charge is -2.46. The van der Waals surface area contributed by atoms with Gasteiger partial charge in [-0.2, -0.15) is 0 Å². The van der Waals surface area contributed by atoms with Crippen molar-refractivity contribution >= 4 is 7.41 Å². The van der Waals surface area contributed by atoms with E-state index in [0.29, 0.717) is 5.92 Å². The highest BCUT2D eigenvalue weighted by atomic mass is 15.2. The molecule has 88 valence electrons. The minimum atomic E-state index is 0.549. The Hall–Kier alpha value is -1.38. The van der Waals surface area contributed by atoms with Crippen LogP contribution in [0.25, 0.3) is 0 Å². The second-order valence-corrected chi connectivity index (χ2v) is 5.20. The van der Waals surface area contributed by atoms with Gasteiger partial charge in [0.1, 0.15) is 0 Å². The molecule has 0 N–H and O–H groups in total. The van der Waals surface area contributed by atoms with Crippen LogP contribution in [-0.2, 0) is 0 Å². The van der Waals surface area contributed by atoms with E-state index in [1.54, 1.807) is 5.60 Å². The zero-order chi connectivity index (χ0) is 11.8. The second kappa shape index (κ2) is 4.13. The van der Waals surface area contributed by atoms with Gasteiger partial charge >= 0.3 is 0 Å². The van der Waals surface area contributed by atoms with Gasteiger partial charge < -0.3 is 9.71 Å². The minimum Gasteiger partial charge on any atom is -0.386 e. The fourth-order valence-electron chi connectivity index (χ4n) is 2.77.